The van der Waals surface area contributed by atoms with Crippen molar-refractivity contribution >= 4 is 14.2 Å². The summed E-state index contributed by atoms with van der Waals surface area (Å²) in [6, 6.07) is 0. The minimum absolute atomic E-state index is 0.0131. The van der Waals surface area contributed by atoms with Crippen LogP contribution in [0.2, 0.25) is 19.6 Å². The molecule has 10 heavy (non-hydrogen) atoms. The van der Waals surface area contributed by atoms with Crippen LogP contribution in [0.5, 0.6) is 0 Å². The van der Waals surface area contributed by atoms with Crippen LogP contribution in [-0.4, -0.2) is 20.5 Å². The van der Waals surface area contributed by atoms with Crippen LogP contribution < -0.4 is 5.32 Å². The van der Waals surface area contributed by atoms with Gasteiger partial charge in [0, 0.05) is 0 Å². The third kappa shape index (κ3) is 2.11. The fourth-order valence-corrected chi connectivity index (χ4v) is 1.82. The molecule has 0 radical (unpaired) electrons. The molecule has 1 saturated heterocycles. The second-order valence-electron chi connectivity index (χ2n) is 3.49. The lowest BCUT2D eigenvalue weighted by molar-refractivity contribution is -0.134. The van der Waals surface area contributed by atoms with Crippen LogP contribution in [0, 0.1) is 0 Å². The molecule has 0 saturated carbocycles. The summed E-state index contributed by atoms with van der Waals surface area (Å²) in [5.41, 5.74) is 0. The lowest BCUT2D eigenvalue weighted by atomic mass is 10.2. The Kier molecular flexibility index (Phi) is 1.83. The van der Waals surface area contributed by atoms with Gasteiger partial charge in [-0.05, 0) is 19.6 Å². The summed E-state index contributed by atoms with van der Waals surface area (Å²) >= 11 is 0. The van der Waals surface area contributed by atoms with E-state index in [-0.39, 0.29) is 12.1 Å². The first-order valence-electron chi connectivity index (χ1n) is 3.44. The second-order valence-corrected chi connectivity index (χ2v) is 7.95. The van der Waals surface area contributed by atoms with Crippen LogP contribution in [0.15, 0.2) is 0 Å². The summed E-state index contributed by atoms with van der Waals surface area (Å²) in [4.78, 5) is 10.4. The summed E-state index contributed by atoms with van der Waals surface area (Å²) in [6.07, 6.45) is 0.559. The predicted molar refractivity (Wildman–Crippen MR) is 41.0 cm³/mol. The number of hydrogen-bond acceptors (Lipinski definition) is 2. The fraction of sp³-hybridized carbons (Fsp3) is 0.833. The van der Waals surface area contributed by atoms with Crippen molar-refractivity contribution in [1.82, 2.24) is 5.32 Å². The molecule has 4 heteroatoms. The SMILES string of the molecule is C[Si](C)(C)OC1CC(=O)N1. The lowest BCUT2D eigenvalue weighted by Crippen LogP contribution is -2.53. The van der Waals surface area contributed by atoms with Crippen LogP contribution in [0.4, 0.5) is 0 Å². The number of rotatable bonds is 2. The molecule has 1 unspecified atom stereocenters. The van der Waals surface area contributed by atoms with E-state index < -0.39 is 8.32 Å². The van der Waals surface area contributed by atoms with Gasteiger partial charge in [-0.25, -0.2) is 0 Å². The number of nitrogens with one attached hydrogen (secondary N) is 1. The van der Waals surface area contributed by atoms with E-state index in [1.807, 2.05) is 0 Å². The molecular weight excluding hydrogens is 146 g/mol. The van der Waals surface area contributed by atoms with E-state index in [1.165, 1.54) is 0 Å². The van der Waals surface area contributed by atoms with Crippen molar-refractivity contribution in [1.29, 1.82) is 0 Å². The van der Waals surface area contributed by atoms with E-state index in [2.05, 4.69) is 25.0 Å². The topological polar surface area (TPSA) is 38.3 Å². The molecule has 1 aliphatic rings. The summed E-state index contributed by atoms with van der Waals surface area (Å²) in [5.74, 6) is 0.100. The lowest BCUT2D eigenvalue weighted by Gasteiger charge is -2.32. The van der Waals surface area contributed by atoms with E-state index in [1.54, 1.807) is 0 Å². The molecule has 1 fully saturated rings. The number of β-lactam (4-membered cyclic amide) rings is 1. The van der Waals surface area contributed by atoms with Crippen LogP contribution in [-0.2, 0) is 9.22 Å². The van der Waals surface area contributed by atoms with Crippen molar-refractivity contribution in [3.05, 3.63) is 0 Å². The quantitative estimate of drug-likeness (QED) is 0.475. The van der Waals surface area contributed by atoms with Gasteiger partial charge in [0.15, 0.2) is 8.32 Å². The highest BCUT2D eigenvalue weighted by Gasteiger charge is 2.30. The van der Waals surface area contributed by atoms with Gasteiger partial charge in [0.2, 0.25) is 5.91 Å². The molecule has 0 bridgehead atoms. The molecule has 0 aromatic carbocycles. The van der Waals surface area contributed by atoms with Gasteiger partial charge in [-0.3, -0.25) is 4.79 Å². The van der Waals surface area contributed by atoms with E-state index in [0.717, 1.165) is 0 Å². The van der Waals surface area contributed by atoms with Crippen molar-refractivity contribution in [2.45, 2.75) is 32.3 Å². The first-order chi connectivity index (χ1) is 4.47. The van der Waals surface area contributed by atoms with Crippen molar-refractivity contribution in [2.24, 2.45) is 0 Å². The Morgan fingerprint density at radius 2 is 2.10 bits per heavy atom. The van der Waals surface area contributed by atoms with Crippen LogP contribution in [0.3, 0.4) is 0 Å². The zero-order chi connectivity index (χ0) is 7.78. The summed E-state index contributed by atoms with van der Waals surface area (Å²) in [7, 11) is -1.43. The van der Waals surface area contributed by atoms with Gasteiger partial charge in [-0.1, -0.05) is 0 Å². The van der Waals surface area contributed by atoms with E-state index in [0.29, 0.717) is 6.42 Å². The first-order valence-corrected chi connectivity index (χ1v) is 6.85. The van der Waals surface area contributed by atoms with E-state index in [4.69, 9.17) is 4.43 Å². The van der Waals surface area contributed by atoms with E-state index >= 15 is 0 Å². The molecular formula is C6H13NO2Si. The highest BCUT2D eigenvalue weighted by molar-refractivity contribution is 6.69. The average molecular weight is 159 g/mol. The Hall–Kier alpha value is -0.353. The number of hydrogen-bond donors (Lipinski definition) is 1. The minimum Gasteiger partial charge on any atom is -0.397 e. The molecule has 1 amide bonds. The highest BCUT2D eigenvalue weighted by Crippen LogP contribution is 2.12. The predicted octanol–water partition coefficient (Wildman–Crippen LogP) is 0.684. The van der Waals surface area contributed by atoms with Crippen molar-refractivity contribution in [3.63, 3.8) is 0 Å². The Balaban J connectivity index is 2.22. The second kappa shape index (κ2) is 2.36. The largest absolute Gasteiger partial charge is 0.397 e. The Morgan fingerprint density at radius 3 is 2.40 bits per heavy atom. The molecule has 0 aromatic rings. The van der Waals surface area contributed by atoms with Crippen LogP contribution >= 0.6 is 0 Å². The van der Waals surface area contributed by atoms with Gasteiger partial charge in [0.1, 0.15) is 6.23 Å². The van der Waals surface area contributed by atoms with Gasteiger partial charge in [-0.2, -0.15) is 0 Å². The first kappa shape index (κ1) is 7.75. The van der Waals surface area contributed by atoms with Crippen molar-refractivity contribution < 1.29 is 9.22 Å². The van der Waals surface area contributed by atoms with E-state index in [9.17, 15) is 4.79 Å². The third-order valence-electron chi connectivity index (χ3n) is 1.19. The van der Waals surface area contributed by atoms with Gasteiger partial charge >= 0.3 is 0 Å². The molecule has 0 aliphatic carbocycles. The zero-order valence-corrected chi connectivity index (χ0v) is 7.60. The Morgan fingerprint density at radius 1 is 1.60 bits per heavy atom. The molecule has 1 heterocycles. The molecule has 1 aliphatic heterocycles. The normalized spacial score (nSPS) is 25.5. The van der Waals surface area contributed by atoms with Crippen molar-refractivity contribution in [2.75, 3.05) is 0 Å². The van der Waals surface area contributed by atoms with Gasteiger partial charge in [0.25, 0.3) is 0 Å². The molecule has 58 valence electrons. The molecule has 0 spiro atoms. The summed E-state index contributed by atoms with van der Waals surface area (Å²) < 4.78 is 5.55. The maximum absolute atomic E-state index is 10.4. The number of amides is 1. The average Bonchev–Trinajstić information content (AvgIpc) is 1.57. The molecule has 1 atom stereocenters. The highest BCUT2D eigenvalue weighted by atomic mass is 28.4. The summed E-state index contributed by atoms with van der Waals surface area (Å²) in [6.45, 7) is 6.33. The summed E-state index contributed by atoms with van der Waals surface area (Å²) in [5, 5.41) is 2.67. The molecule has 3 nitrogen and oxygen atoms in total. The van der Waals surface area contributed by atoms with Crippen molar-refractivity contribution in [3.8, 4) is 0 Å². The van der Waals surface area contributed by atoms with Crippen LogP contribution in [0.25, 0.3) is 0 Å². The molecule has 0 aromatic heterocycles. The molecule has 1 N–H and O–H groups in total. The van der Waals surface area contributed by atoms with Gasteiger partial charge < -0.3 is 9.74 Å². The van der Waals surface area contributed by atoms with Crippen LogP contribution in [0.1, 0.15) is 6.42 Å². The standard InChI is InChI=1S/C6H13NO2Si/c1-10(2,3)9-6-4-5(8)7-6/h6H,4H2,1-3H3,(H,7,8). The number of carbonyl (C=O) groups excluding carboxylic acids is 1. The Labute approximate surface area is 61.9 Å². The fourth-order valence-electron chi connectivity index (χ4n) is 0.825. The zero-order valence-electron chi connectivity index (χ0n) is 6.60. The number of carbonyl (C=O) groups is 1. The smallest absolute Gasteiger partial charge is 0.226 e. The minimum atomic E-state index is -1.43. The maximum atomic E-state index is 10.4. The monoisotopic (exact) mass is 159 g/mol. The molecule has 1 rings (SSSR count). The van der Waals surface area contributed by atoms with Gasteiger partial charge in [-0.15, -0.1) is 0 Å². The van der Waals surface area contributed by atoms with Gasteiger partial charge in [0.05, 0.1) is 6.42 Å². The maximum Gasteiger partial charge on any atom is 0.226 e. The third-order valence-corrected chi connectivity index (χ3v) is 2.18. The Bertz CT molecular complexity index is 144.